The molecule has 0 fully saturated rings. The zero-order chi connectivity index (χ0) is 10.6. The first-order valence-corrected chi connectivity index (χ1v) is 4.19. The molecule has 0 spiro atoms. The number of aromatic carboxylic acids is 1. The lowest BCUT2D eigenvalue weighted by Gasteiger charge is -1.98. The van der Waals surface area contributed by atoms with Gasteiger partial charge in [0, 0.05) is 0 Å². The Hall–Kier alpha value is -1.61. The number of hydrogen-bond acceptors (Lipinski definition) is 2. The fourth-order valence-electron chi connectivity index (χ4n) is 0.992. The van der Waals surface area contributed by atoms with Crippen LogP contribution in [0.25, 0.3) is 6.08 Å². The monoisotopic (exact) mass is 210 g/mol. The quantitative estimate of drug-likeness (QED) is 0.615. The smallest absolute Gasteiger partial charge is 0.336 e. The molecule has 0 aliphatic carbocycles. The van der Waals surface area contributed by atoms with Crippen LogP contribution in [0.15, 0.2) is 30.3 Å². The number of benzene rings is 1. The highest BCUT2D eigenvalue weighted by Gasteiger charge is 2.05. The summed E-state index contributed by atoms with van der Waals surface area (Å²) in [6.45, 7) is 0. The van der Waals surface area contributed by atoms with Gasteiger partial charge in [-0.05, 0) is 35.4 Å². The van der Waals surface area contributed by atoms with Crippen LogP contribution in [0.3, 0.4) is 0 Å². The van der Waals surface area contributed by atoms with E-state index < -0.39 is 11.2 Å². The second kappa shape index (κ2) is 4.58. The summed E-state index contributed by atoms with van der Waals surface area (Å²) in [4.78, 5) is 21.1. The van der Waals surface area contributed by atoms with Crippen molar-refractivity contribution < 1.29 is 14.7 Å². The summed E-state index contributed by atoms with van der Waals surface area (Å²) in [6.07, 6.45) is 2.49. The van der Waals surface area contributed by atoms with Gasteiger partial charge in [0.2, 0.25) is 5.24 Å². The molecule has 0 heterocycles. The summed E-state index contributed by atoms with van der Waals surface area (Å²) >= 11 is 5.09. The summed E-state index contributed by atoms with van der Waals surface area (Å²) in [5.74, 6) is -1.03. The van der Waals surface area contributed by atoms with Crippen molar-refractivity contribution in [1.29, 1.82) is 0 Å². The molecule has 0 saturated carbocycles. The topological polar surface area (TPSA) is 54.4 Å². The van der Waals surface area contributed by atoms with Crippen molar-refractivity contribution in [3.63, 3.8) is 0 Å². The van der Waals surface area contributed by atoms with E-state index in [4.69, 9.17) is 16.7 Å². The Morgan fingerprint density at radius 3 is 2.50 bits per heavy atom. The highest BCUT2D eigenvalue weighted by Crippen LogP contribution is 2.10. The van der Waals surface area contributed by atoms with E-state index in [1.54, 1.807) is 18.2 Å². The number of carboxylic acids is 1. The van der Waals surface area contributed by atoms with Crippen LogP contribution in [0.4, 0.5) is 0 Å². The molecule has 0 unspecified atom stereocenters. The van der Waals surface area contributed by atoms with Gasteiger partial charge < -0.3 is 5.11 Å². The highest BCUT2D eigenvalue weighted by atomic mass is 35.5. The third-order valence-corrected chi connectivity index (χ3v) is 1.71. The maximum Gasteiger partial charge on any atom is 0.336 e. The summed E-state index contributed by atoms with van der Waals surface area (Å²) < 4.78 is 0. The van der Waals surface area contributed by atoms with Gasteiger partial charge in [-0.25, -0.2) is 4.79 Å². The van der Waals surface area contributed by atoms with Crippen LogP contribution in [-0.4, -0.2) is 16.3 Å². The van der Waals surface area contributed by atoms with Gasteiger partial charge in [0.05, 0.1) is 5.56 Å². The first kappa shape index (κ1) is 10.5. The van der Waals surface area contributed by atoms with Crippen molar-refractivity contribution in [3.8, 4) is 0 Å². The number of halogens is 1. The van der Waals surface area contributed by atoms with Crippen LogP contribution in [0.1, 0.15) is 15.9 Å². The number of carbonyl (C=O) groups is 2. The zero-order valence-electron chi connectivity index (χ0n) is 7.11. The van der Waals surface area contributed by atoms with Crippen LogP contribution in [0, 0.1) is 0 Å². The number of carboxylic acid groups (broad SMARTS) is 1. The molecule has 1 rings (SSSR count). The Morgan fingerprint density at radius 1 is 1.29 bits per heavy atom. The molecule has 0 atom stereocenters. The van der Waals surface area contributed by atoms with Gasteiger partial charge in [-0.15, -0.1) is 0 Å². The highest BCUT2D eigenvalue weighted by molar-refractivity contribution is 6.66. The van der Waals surface area contributed by atoms with Gasteiger partial charge in [0.25, 0.3) is 0 Å². The van der Waals surface area contributed by atoms with Gasteiger partial charge in [0.1, 0.15) is 0 Å². The van der Waals surface area contributed by atoms with Gasteiger partial charge in [0.15, 0.2) is 0 Å². The summed E-state index contributed by atoms with van der Waals surface area (Å²) in [7, 11) is 0. The lowest BCUT2D eigenvalue weighted by atomic mass is 10.1. The Balaban J connectivity index is 3.07. The van der Waals surface area contributed by atoms with Crippen LogP contribution in [0.2, 0.25) is 0 Å². The number of allylic oxidation sites excluding steroid dienone is 1. The maximum atomic E-state index is 10.7. The van der Waals surface area contributed by atoms with E-state index >= 15 is 0 Å². The van der Waals surface area contributed by atoms with Crippen molar-refractivity contribution >= 4 is 28.9 Å². The van der Waals surface area contributed by atoms with E-state index in [-0.39, 0.29) is 5.56 Å². The molecular weight excluding hydrogens is 204 g/mol. The minimum Gasteiger partial charge on any atom is -0.478 e. The van der Waals surface area contributed by atoms with E-state index in [0.29, 0.717) is 5.56 Å². The molecule has 0 bridgehead atoms. The lowest BCUT2D eigenvalue weighted by molar-refractivity contribution is -0.107. The first-order chi connectivity index (χ1) is 6.61. The number of rotatable bonds is 3. The molecule has 3 nitrogen and oxygen atoms in total. The van der Waals surface area contributed by atoms with E-state index in [1.807, 2.05) is 0 Å². The molecule has 4 heteroatoms. The maximum absolute atomic E-state index is 10.7. The lowest BCUT2D eigenvalue weighted by Crippen LogP contribution is -1.98. The van der Waals surface area contributed by atoms with Crippen LogP contribution in [0.5, 0.6) is 0 Å². The zero-order valence-corrected chi connectivity index (χ0v) is 7.86. The molecule has 0 aliphatic heterocycles. The third-order valence-electron chi connectivity index (χ3n) is 1.59. The molecule has 72 valence electrons. The molecule has 0 amide bonds. The molecule has 0 aliphatic rings. The van der Waals surface area contributed by atoms with Gasteiger partial charge in [-0.1, -0.05) is 18.2 Å². The second-order valence-electron chi connectivity index (χ2n) is 2.53. The summed E-state index contributed by atoms with van der Waals surface area (Å²) in [5, 5.41) is 8.15. The van der Waals surface area contributed by atoms with E-state index in [9.17, 15) is 9.59 Å². The van der Waals surface area contributed by atoms with E-state index in [0.717, 1.165) is 6.08 Å². The molecule has 14 heavy (non-hydrogen) atoms. The van der Waals surface area contributed by atoms with E-state index in [1.165, 1.54) is 12.1 Å². The first-order valence-electron chi connectivity index (χ1n) is 3.81. The van der Waals surface area contributed by atoms with Crippen molar-refractivity contribution in [2.45, 2.75) is 0 Å². The average Bonchev–Trinajstić information content (AvgIpc) is 2.15. The van der Waals surface area contributed by atoms with Crippen LogP contribution in [-0.2, 0) is 4.79 Å². The van der Waals surface area contributed by atoms with Crippen LogP contribution < -0.4 is 0 Å². The normalized spacial score (nSPS) is 10.4. The molecule has 0 aromatic heterocycles. The largest absolute Gasteiger partial charge is 0.478 e. The van der Waals surface area contributed by atoms with E-state index in [2.05, 4.69) is 0 Å². The van der Waals surface area contributed by atoms with Crippen molar-refractivity contribution in [2.24, 2.45) is 0 Å². The van der Waals surface area contributed by atoms with Crippen molar-refractivity contribution in [2.75, 3.05) is 0 Å². The Bertz CT molecular complexity index is 396. The minimum absolute atomic E-state index is 0.140. The van der Waals surface area contributed by atoms with Gasteiger partial charge in [-0.2, -0.15) is 0 Å². The predicted octanol–water partition coefficient (Wildman–Crippen LogP) is 2.16. The number of hydrogen-bond donors (Lipinski definition) is 1. The van der Waals surface area contributed by atoms with Gasteiger partial charge in [-0.3, -0.25) is 4.79 Å². The second-order valence-corrected chi connectivity index (χ2v) is 2.90. The Morgan fingerprint density at radius 2 is 1.93 bits per heavy atom. The van der Waals surface area contributed by atoms with Crippen molar-refractivity contribution in [3.05, 3.63) is 41.5 Å². The molecule has 1 aromatic carbocycles. The fourth-order valence-corrected chi connectivity index (χ4v) is 1.06. The Labute approximate surface area is 85.6 Å². The molecule has 1 N–H and O–H groups in total. The average molecular weight is 211 g/mol. The fraction of sp³-hybridized carbons (Fsp3) is 0. The molecule has 1 aromatic rings. The van der Waals surface area contributed by atoms with Gasteiger partial charge >= 0.3 is 5.97 Å². The third kappa shape index (κ3) is 2.71. The SMILES string of the molecule is O=C(Cl)/C=C/c1ccccc1C(=O)O. The summed E-state index contributed by atoms with van der Waals surface area (Å²) in [6, 6.07) is 6.36. The summed E-state index contributed by atoms with van der Waals surface area (Å²) in [5.41, 5.74) is 0.593. The van der Waals surface area contributed by atoms with Crippen molar-refractivity contribution in [1.82, 2.24) is 0 Å². The molecule has 0 radical (unpaired) electrons. The van der Waals surface area contributed by atoms with Crippen LogP contribution >= 0.6 is 11.6 Å². The predicted molar refractivity (Wildman–Crippen MR) is 53.3 cm³/mol. The Kier molecular flexibility index (Phi) is 3.42. The standard InChI is InChI=1S/C10H7ClO3/c11-9(12)6-5-7-3-1-2-4-8(7)10(13)14/h1-6H,(H,13,14)/b6-5+. The minimum atomic E-state index is -1.03. The molecule has 0 saturated heterocycles. The molecular formula is C10H7ClO3. The number of carbonyl (C=O) groups excluding carboxylic acids is 1.